The average molecular weight is 388 g/mol. The van der Waals surface area contributed by atoms with Gasteiger partial charge in [0.1, 0.15) is 10.8 Å². The van der Waals surface area contributed by atoms with Gasteiger partial charge in [0.05, 0.1) is 16.8 Å². The molecule has 1 heterocycles. The second-order valence-corrected chi connectivity index (χ2v) is 7.59. The fraction of sp³-hybridized carbons (Fsp3) is 0.130. The lowest BCUT2D eigenvalue weighted by Gasteiger charge is -2.17. The number of fused-ring (bicyclic) bond motifs is 1. The van der Waals surface area contributed by atoms with Crippen LogP contribution in [0.15, 0.2) is 78.9 Å². The third-order valence-electron chi connectivity index (χ3n) is 4.46. The van der Waals surface area contributed by atoms with E-state index < -0.39 is 0 Å². The highest BCUT2D eigenvalue weighted by atomic mass is 32.1. The minimum absolute atomic E-state index is 0.00869. The van der Waals surface area contributed by atoms with Crippen LogP contribution in [0.2, 0.25) is 0 Å². The molecule has 4 nitrogen and oxygen atoms in total. The quantitative estimate of drug-likeness (QED) is 0.467. The fourth-order valence-electron chi connectivity index (χ4n) is 2.98. The van der Waals surface area contributed by atoms with Crippen molar-refractivity contribution in [2.24, 2.45) is 0 Å². The molecule has 0 fully saturated rings. The summed E-state index contributed by atoms with van der Waals surface area (Å²) in [6.07, 6.45) is 0. The minimum atomic E-state index is -0.0814. The van der Waals surface area contributed by atoms with Gasteiger partial charge in [-0.2, -0.15) is 0 Å². The van der Waals surface area contributed by atoms with Crippen LogP contribution in [0.3, 0.4) is 0 Å². The molecule has 0 bridgehead atoms. The van der Waals surface area contributed by atoms with Crippen LogP contribution in [0.4, 0.5) is 0 Å². The number of rotatable bonds is 6. The lowest BCUT2D eigenvalue weighted by Crippen LogP contribution is -2.31. The van der Waals surface area contributed by atoms with E-state index in [2.05, 4.69) is 4.98 Å². The Hall–Kier alpha value is -3.18. The summed E-state index contributed by atoms with van der Waals surface area (Å²) in [6.45, 7) is 0.465. The molecule has 0 atom stereocenters. The van der Waals surface area contributed by atoms with Crippen molar-refractivity contribution < 1.29 is 9.53 Å². The Morgan fingerprint density at radius 2 is 1.68 bits per heavy atom. The van der Waals surface area contributed by atoms with Crippen molar-refractivity contribution in [3.63, 3.8) is 0 Å². The predicted octanol–water partition coefficient (Wildman–Crippen LogP) is 5.00. The normalized spacial score (nSPS) is 10.8. The van der Waals surface area contributed by atoms with Crippen LogP contribution in [0.1, 0.15) is 5.01 Å². The van der Waals surface area contributed by atoms with Gasteiger partial charge in [0.25, 0.3) is 5.91 Å². The van der Waals surface area contributed by atoms with Gasteiger partial charge in [0.2, 0.25) is 0 Å². The summed E-state index contributed by atoms with van der Waals surface area (Å²) in [6, 6.07) is 25.8. The average Bonchev–Trinajstić information content (AvgIpc) is 3.15. The largest absolute Gasteiger partial charge is 0.483 e. The molecule has 28 heavy (non-hydrogen) atoms. The molecule has 4 rings (SSSR count). The van der Waals surface area contributed by atoms with Gasteiger partial charge in [-0.15, -0.1) is 11.3 Å². The Bertz CT molecular complexity index is 1060. The maximum atomic E-state index is 12.6. The SMILES string of the molecule is CN(Cc1nc2ccccc2s1)C(=O)COc1ccccc1-c1ccccc1. The molecule has 0 N–H and O–H groups in total. The molecular weight excluding hydrogens is 368 g/mol. The van der Waals surface area contributed by atoms with Crippen molar-refractivity contribution in [1.29, 1.82) is 0 Å². The van der Waals surface area contributed by atoms with Crippen molar-refractivity contribution in [1.82, 2.24) is 9.88 Å². The highest BCUT2D eigenvalue weighted by molar-refractivity contribution is 7.18. The van der Waals surface area contributed by atoms with Crippen LogP contribution >= 0.6 is 11.3 Å². The van der Waals surface area contributed by atoms with Crippen molar-refractivity contribution in [2.75, 3.05) is 13.7 Å². The topological polar surface area (TPSA) is 42.4 Å². The Labute approximate surface area is 168 Å². The third kappa shape index (κ3) is 4.05. The third-order valence-corrected chi connectivity index (χ3v) is 5.48. The summed E-state index contributed by atoms with van der Waals surface area (Å²) in [4.78, 5) is 18.8. The smallest absolute Gasteiger partial charge is 0.260 e. The molecule has 0 spiro atoms. The molecule has 0 saturated carbocycles. The molecule has 4 aromatic rings. The molecule has 0 radical (unpaired) electrons. The number of amides is 1. The summed E-state index contributed by atoms with van der Waals surface area (Å²) in [5.74, 6) is 0.623. The molecule has 140 valence electrons. The first kappa shape index (κ1) is 18.2. The number of hydrogen-bond donors (Lipinski definition) is 0. The Morgan fingerprint density at radius 1 is 0.964 bits per heavy atom. The molecular formula is C23H20N2O2S. The predicted molar refractivity (Wildman–Crippen MR) is 113 cm³/mol. The Balaban J connectivity index is 1.42. The van der Waals surface area contributed by atoms with Crippen LogP contribution < -0.4 is 4.74 Å². The number of ether oxygens (including phenoxy) is 1. The van der Waals surface area contributed by atoms with E-state index in [4.69, 9.17) is 4.74 Å². The number of benzene rings is 3. The van der Waals surface area contributed by atoms with Gasteiger partial charge in [-0.25, -0.2) is 4.98 Å². The van der Waals surface area contributed by atoms with Crippen molar-refractivity contribution in [3.8, 4) is 16.9 Å². The van der Waals surface area contributed by atoms with Crippen LogP contribution in [0.5, 0.6) is 5.75 Å². The molecule has 3 aromatic carbocycles. The van der Waals surface area contributed by atoms with Gasteiger partial charge in [-0.1, -0.05) is 60.7 Å². The number of likely N-dealkylation sites (N-methyl/N-ethyl adjacent to an activating group) is 1. The van der Waals surface area contributed by atoms with Crippen molar-refractivity contribution in [3.05, 3.63) is 83.9 Å². The van der Waals surface area contributed by atoms with E-state index in [1.807, 2.05) is 78.9 Å². The number of para-hydroxylation sites is 2. The maximum absolute atomic E-state index is 12.6. The monoisotopic (exact) mass is 388 g/mol. The first-order valence-electron chi connectivity index (χ1n) is 9.06. The summed E-state index contributed by atoms with van der Waals surface area (Å²) >= 11 is 1.61. The summed E-state index contributed by atoms with van der Waals surface area (Å²) in [5.41, 5.74) is 3.01. The van der Waals surface area contributed by atoms with E-state index >= 15 is 0 Å². The van der Waals surface area contributed by atoms with Gasteiger partial charge in [-0.05, 0) is 23.8 Å². The van der Waals surface area contributed by atoms with Crippen LogP contribution in [-0.2, 0) is 11.3 Å². The van der Waals surface area contributed by atoms with E-state index in [0.717, 1.165) is 26.4 Å². The molecule has 0 aliphatic heterocycles. The van der Waals surface area contributed by atoms with Crippen molar-refractivity contribution in [2.45, 2.75) is 6.54 Å². The number of carbonyl (C=O) groups excluding carboxylic acids is 1. The fourth-order valence-corrected chi connectivity index (χ4v) is 4.00. The standard InChI is InChI=1S/C23H20N2O2S/c1-25(15-22-24-19-12-6-8-14-21(19)28-22)23(26)16-27-20-13-7-5-11-18(20)17-9-3-2-4-10-17/h2-14H,15-16H2,1H3. The van der Waals surface area contributed by atoms with Gasteiger partial charge < -0.3 is 9.64 Å². The maximum Gasteiger partial charge on any atom is 0.260 e. The molecule has 5 heteroatoms. The van der Waals surface area contributed by atoms with Gasteiger partial charge in [0, 0.05) is 12.6 Å². The van der Waals surface area contributed by atoms with Crippen molar-refractivity contribution >= 4 is 27.5 Å². The summed E-state index contributed by atoms with van der Waals surface area (Å²) in [5, 5.41) is 0.918. The zero-order valence-electron chi connectivity index (χ0n) is 15.5. The highest BCUT2D eigenvalue weighted by Gasteiger charge is 2.14. The summed E-state index contributed by atoms with van der Waals surface area (Å²) < 4.78 is 6.99. The Kier molecular flexibility index (Phi) is 5.35. The van der Waals surface area contributed by atoms with E-state index in [1.54, 1.807) is 23.3 Å². The van der Waals surface area contributed by atoms with E-state index in [1.165, 1.54) is 0 Å². The minimum Gasteiger partial charge on any atom is -0.483 e. The first-order valence-corrected chi connectivity index (χ1v) is 9.88. The zero-order chi connectivity index (χ0) is 19.3. The number of carbonyl (C=O) groups is 1. The van der Waals surface area contributed by atoms with Gasteiger partial charge >= 0.3 is 0 Å². The van der Waals surface area contributed by atoms with Crippen LogP contribution in [0.25, 0.3) is 21.3 Å². The van der Waals surface area contributed by atoms with E-state index in [-0.39, 0.29) is 12.5 Å². The molecule has 0 aliphatic carbocycles. The van der Waals surface area contributed by atoms with Gasteiger partial charge in [0.15, 0.2) is 6.61 Å². The molecule has 0 unspecified atom stereocenters. The lowest BCUT2D eigenvalue weighted by atomic mass is 10.1. The second kappa shape index (κ2) is 8.23. The molecule has 1 amide bonds. The zero-order valence-corrected chi connectivity index (χ0v) is 16.4. The second-order valence-electron chi connectivity index (χ2n) is 6.48. The van der Waals surface area contributed by atoms with E-state index in [0.29, 0.717) is 12.3 Å². The molecule has 0 aliphatic rings. The Morgan fingerprint density at radius 3 is 2.50 bits per heavy atom. The van der Waals surface area contributed by atoms with Crippen LogP contribution in [-0.4, -0.2) is 29.4 Å². The molecule has 1 aromatic heterocycles. The number of hydrogen-bond acceptors (Lipinski definition) is 4. The number of aromatic nitrogens is 1. The van der Waals surface area contributed by atoms with Crippen LogP contribution in [0, 0.1) is 0 Å². The summed E-state index contributed by atoms with van der Waals surface area (Å²) in [7, 11) is 1.78. The number of nitrogens with zero attached hydrogens (tertiary/aromatic N) is 2. The highest BCUT2D eigenvalue weighted by Crippen LogP contribution is 2.29. The van der Waals surface area contributed by atoms with E-state index in [9.17, 15) is 4.79 Å². The number of thiazole rings is 1. The molecule has 0 saturated heterocycles. The lowest BCUT2D eigenvalue weighted by molar-refractivity contribution is -0.132. The first-order chi connectivity index (χ1) is 13.7. The van der Waals surface area contributed by atoms with Gasteiger partial charge in [-0.3, -0.25) is 4.79 Å².